The van der Waals surface area contributed by atoms with Gasteiger partial charge < -0.3 is 0 Å². The van der Waals surface area contributed by atoms with E-state index in [1.165, 1.54) is 0 Å². The highest BCUT2D eigenvalue weighted by Gasteiger charge is 2.15. The molecule has 0 atom stereocenters. The third-order valence-electron chi connectivity index (χ3n) is 2.69. The first kappa shape index (κ1) is 13.8. The minimum Gasteiger partial charge on any atom is -0.294 e. The van der Waals surface area contributed by atoms with Crippen LogP contribution in [0.15, 0.2) is 53.4 Å². The molecule has 0 aromatic heterocycles. The molecule has 2 rings (SSSR count). The van der Waals surface area contributed by atoms with Crippen LogP contribution in [-0.2, 0) is 0 Å². The SMILES string of the molecule is O=C(CC(=O)c1ccccc1S)c1ccc(Cl)cc1. The molecule has 4 heteroatoms. The number of hydrogen-bond acceptors (Lipinski definition) is 3. The van der Waals surface area contributed by atoms with Gasteiger partial charge in [-0.2, -0.15) is 0 Å². The number of carbonyl (C=O) groups is 2. The molecule has 0 bridgehead atoms. The number of carbonyl (C=O) groups excluding carboxylic acids is 2. The molecule has 0 aliphatic carbocycles. The van der Waals surface area contributed by atoms with Crippen LogP contribution in [-0.4, -0.2) is 11.6 Å². The van der Waals surface area contributed by atoms with Crippen molar-refractivity contribution in [2.24, 2.45) is 0 Å². The molecule has 96 valence electrons. The molecule has 2 aromatic carbocycles. The molecule has 0 aliphatic rings. The highest BCUT2D eigenvalue weighted by molar-refractivity contribution is 7.80. The number of halogens is 1. The first-order valence-corrected chi connectivity index (χ1v) is 6.50. The Labute approximate surface area is 121 Å². The maximum atomic E-state index is 12.0. The molecule has 0 N–H and O–H groups in total. The monoisotopic (exact) mass is 290 g/mol. The van der Waals surface area contributed by atoms with E-state index in [2.05, 4.69) is 12.6 Å². The first-order valence-electron chi connectivity index (χ1n) is 5.68. The van der Waals surface area contributed by atoms with E-state index in [4.69, 9.17) is 11.6 Å². The predicted molar refractivity (Wildman–Crippen MR) is 78.4 cm³/mol. The van der Waals surface area contributed by atoms with E-state index in [9.17, 15) is 9.59 Å². The molecule has 0 radical (unpaired) electrons. The molecule has 0 fully saturated rings. The summed E-state index contributed by atoms with van der Waals surface area (Å²) in [7, 11) is 0. The fraction of sp³-hybridized carbons (Fsp3) is 0.0667. The first-order chi connectivity index (χ1) is 9.08. The molecule has 0 unspecified atom stereocenters. The van der Waals surface area contributed by atoms with Crippen LogP contribution < -0.4 is 0 Å². The zero-order chi connectivity index (χ0) is 13.8. The van der Waals surface area contributed by atoms with Crippen LogP contribution in [0.2, 0.25) is 5.02 Å². The van der Waals surface area contributed by atoms with Crippen molar-refractivity contribution in [2.75, 3.05) is 0 Å². The highest BCUT2D eigenvalue weighted by Crippen LogP contribution is 2.17. The zero-order valence-electron chi connectivity index (χ0n) is 9.97. The van der Waals surface area contributed by atoms with Gasteiger partial charge in [0.25, 0.3) is 0 Å². The average molecular weight is 291 g/mol. The third-order valence-corrected chi connectivity index (χ3v) is 3.33. The summed E-state index contributed by atoms with van der Waals surface area (Å²) in [5, 5.41) is 0.559. The van der Waals surface area contributed by atoms with E-state index in [1.807, 2.05) is 0 Å². The summed E-state index contributed by atoms with van der Waals surface area (Å²) in [4.78, 5) is 24.6. The van der Waals surface area contributed by atoms with Crippen molar-refractivity contribution in [1.82, 2.24) is 0 Å². The topological polar surface area (TPSA) is 34.1 Å². The van der Waals surface area contributed by atoms with Crippen molar-refractivity contribution >= 4 is 35.8 Å². The third kappa shape index (κ3) is 3.46. The summed E-state index contributed by atoms with van der Waals surface area (Å²) in [6, 6.07) is 13.4. The summed E-state index contributed by atoms with van der Waals surface area (Å²) in [6.07, 6.45) is -0.167. The van der Waals surface area contributed by atoms with Crippen LogP contribution in [0.25, 0.3) is 0 Å². The van der Waals surface area contributed by atoms with Crippen molar-refractivity contribution < 1.29 is 9.59 Å². The van der Waals surface area contributed by atoms with Gasteiger partial charge >= 0.3 is 0 Å². The quantitative estimate of drug-likeness (QED) is 0.523. The lowest BCUT2D eigenvalue weighted by molar-refractivity contribution is 0.0892. The molecule has 0 saturated carbocycles. The Balaban J connectivity index is 2.13. The lowest BCUT2D eigenvalue weighted by Gasteiger charge is -2.04. The number of benzene rings is 2. The molecule has 2 aromatic rings. The lowest BCUT2D eigenvalue weighted by atomic mass is 10.0. The van der Waals surface area contributed by atoms with E-state index >= 15 is 0 Å². The van der Waals surface area contributed by atoms with Gasteiger partial charge in [-0.3, -0.25) is 9.59 Å². The largest absolute Gasteiger partial charge is 0.294 e. The molecule has 0 spiro atoms. The van der Waals surface area contributed by atoms with Gasteiger partial charge in [0.05, 0.1) is 6.42 Å². The summed E-state index contributed by atoms with van der Waals surface area (Å²) in [5.74, 6) is -0.455. The Hall–Kier alpha value is -1.58. The van der Waals surface area contributed by atoms with Crippen LogP contribution in [0.1, 0.15) is 27.1 Å². The lowest BCUT2D eigenvalue weighted by Crippen LogP contribution is -2.09. The van der Waals surface area contributed by atoms with Crippen molar-refractivity contribution in [3.63, 3.8) is 0 Å². The minimum absolute atomic E-state index is 0.167. The summed E-state index contributed by atoms with van der Waals surface area (Å²) in [6.45, 7) is 0. The number of thiol groups is 1. The molecule has 0 saturated heterocycles. The van der Waals surface area contributed by atoms with Gasteiger partial charge in [-0.05, 0) is 30.3 Å². The molecule has 2 nitrogen and oxygen atoms in total. The van der Waals surface area contributed by atoms with Crippen molar-refractivity contribution in [1.29, 1.82) is 0 Å². The van der Waals surface area contributed by atoms with E-state index in [0.717, 1.165) is 0 Å². The second kappa shape index (κ2) is 6.04. The molecule has 0 aliphatic heterocycles. The van der Waals surface area contributed by atoms with Gasteiger partial charge in [0.2, 0.25) is 0 Å². The average Bonchev–Trinajstić information content (AvgIpc) is 2.39. The Morgan fingerprint density at radius 3 is 2.21 bits per heavy atom. The van der Waals surface area contributed by atoms with E-state index in [1.54, 1.807) is 48.5 Å². The summed E-state index contributed by atoms with van der Waals surface area (Å²) < 4.78 is 0. The standard InChI is InChI=1S/C15H11ClO2S/c16-11-7-5-10(6-8-11)13(17)9-14(18)12-3-1-2-4-15(12)19/h1-8,19H,9H2. The van der Waals surface area contributed by atoms with Crippen LogP contribution in [0, 0.1) is 0 Å². The maximum Gasteiger partial charge on any atom is 0.171 e. The smallest absolute Gasteiger partial charge is 0.171 e. The van der Waals surface area contributed by atoms with Gasteiger partial charge in [0, 0.05) is 21.0 Å². The van der Waals surface area contributed by atoms with Crippen LogP contribution in [0.4, 0.5) is 0 Å². The maximum absolute atomic E-state index is 12.0. The second-order valence-electron chi connectivity index (χ2n) is 4.05. The summed E-state index contributed by atoms with van der Waals surface area (Å²) >= 11 is 9.96. The van der Waals surface area contributed by atoms with Gasteiger partial charge in [-0.15, -0.1) is 12.6 Å². The van der Waals surface area contributed by atoms with Crippen LogP contribution in [0.3, 0.4) is 0 Å². The number of hydrogen-bond donors (Lipinski definition) is 1. The van der Waals surface area contributed by atoms with E-state index < -0.39 is 0 Å². The van der Waals surface area contributed by atoms with Crippen molar-refractivity contribution in [2.45, 2.75) is 11.3 Å². The normalized spacial score (nSPS) is 10.2. The van der Waals surface area contributed by atoms with E-state index in [0.29, 0.717) is 21.0 Å². The molecule has 0 amide bonds. The van der Waals surface area contributed by atoms with Crippen LogP contribution >= 0.6 is 24.2 Å². The number of Topliss-reactive ketones (excluding diaryl/α,β-unsaturated/α-hetero) is 2. The molecule has 0 heterocycles. The number of rotatable bonds is 4. The van der Waals surface area contributed by atoms with E-state index in [-0.39, 0.29) is 18.0 Å². The Morgan fingerprint density at radius 1 is 0.947 bits per heavy atom. The highest BCUT2D eigenvalue weighted by atomic mass is 35.5. The summed E-state index contributed by atoms with van der Waals surface area (Å²) in [5.41, 5.74) is 0.947. The minimum atomic E-state index is -0.231. The molecule has 19 heavy (non-hydrogen) atoms. The zero-order valence-corrected chi connectivity index (χ0v) is 11.6. The predicted octanol–water partition coefficient (Wildman–Crippen LogP) is 4.08. The van der Waals surface area contributed by atoms with Crippen LogP contribution in [0.5, 0.6) is 0 Å². The fourth-order valence-electron chi connectivity index (χ4n) is 1.69. The van der Waals surface area contributed by atoms with Crippen molar-refractivity contribution in [3.05, 3.63) is 64.7 Å². The van der Waals surface area contributed by atoms with Gasteiger partial charge in [0.15, 0.2) is 11.6 Å². The Morgan fingerprint density at radius 2 is 1.58 bits per heavy atom. The molecular weight excluding hydrogens is 280 g/mol. The van der Waals surface area contributed by atoms with Gasteiger partial charge in [-0.1, -0.05) is 29.8 Å². The van der Waals surface area contributed by atoms with Gasteiger partial charge in [-0.25, -0.2) is 0 Å². The Bertz CT molecular complexity index is 620. The van der Waals surface area contributed by atoms with Crippen molar-refractivity contribution in [3.8, 4) is 0 Å². The number of ketones is 2. The van der Waals surface area contributed by atoms with Gasteiger partial charge in [0.1, 0.15) is 0 Å². The molecular formula is C15H11ClO2S. The fourth-order valence-corrected chi connectivity index (χ4v) is 2.10. The second-order valence-corrected chi connectivity index (χ2v) is 4.97. The Kier molecular flexibility index (Phi) is 4.40.